The number of halogens is 1. The molecule has 0 fully saturated rings. The van der Waals surface area contributed by atoms with E-state index in [-0.39, 0.29) is 30.8 Å². The first-order chi connectivity index (χ1) is 14.7. The van der Waals surface area contributed by atoms with Gasteiger partial charge in [-0.3, -0.25) is 4.79 Å². The third-order valence-electron chi connectivity index (χ3n) is 5.52. The topological polar surface area (TPSA) is 46.6 Å². The summed E-state index contributed by atoms with van der Waals surface area (Å²) in [4.78, 5) is 28.0. The van der Waals surface area contributed by atoms with Crippen LogP contribution in [0.2, 0.25) is 5.02 Å². The fraction of sp³-hybridized carbons (Fsp3) is 0.360. The number of nitrogens with zero attached hydrogens (tertiary/aromatic N) is 2. The summed E-state index contributed by atoms with van der Waals surface area (Å²) < 4.78 is 6.41. The Kier molecular flexibility index (Phi) is 7.19. The highest BCUT2D eigenvalue weighted by atomic mass is 35.5. The van der Waals surface area contributed by atoms with E-state index in [1.165, 1.54) is 0 Å². The average Bonchev–Trinajstić information content (AvgIpc) is 2.72. The van der Waals surface area contributed by atoms with Crippen LogP contribution in [0.1, 0.15) is 30.4 Å². The number of benzene rings is 2. The third-order valence-corrected chi connectivity index (χ3v) is 5.77. The lowest BCUT2D eigenvalue weighted by Gasteiger charge is -2.36. The lowest BCUT2D eigenvalue weighted by molar-refractivity contribution is -0.869. The molecule has 3 rings (SSSR count). The Balaban J connectivity index is 1.92. The molecule has 0 N–H and O–H groups in total. The first-order valence-corrected chi connectivity index (χ1v) is 10.8. The molecule has 2 aromatic rings. The molecule has 0 saturated carbocycles. The standard InChI is InChI=1S/C25H30ClN2O3/c1-18-24(25(30)31-17-19-8-6-5-7-9-19)22(20-10-12-21(26)13-11-20)16-23(29)27(18)14-15-28(2,3)4/h5-13,22H,14-17H2,1-4H3/q+1. The molecule has 1 unspecified atom stereocenters. The zero-order valence-electron chi connectivity index (χ0n) is 18.6. The van der Waals surface area contributed by atoms with Gasteiger partial charge in [0.1, 0.15) is 6.61 Å². The van der Waals surface area contributed by atoms with Crippen molar-refractivity contribution in [2.24, 2.45) is 0 Å². The molecule has 6 heteroatoms. The number of hydrogen-bond donors (Lipinski definition) is 0. The average molecular weight is 442 g/mol. The summed E-state index contributed by atoms with van der Waals surface area (Å²) in [5, 5.41) is 0.615. The van der Waals surface area contributed by atoms with E-state index < -0.39 is 0 Å². The maximum Gasteiger partial charge on any atom is 0.336 e. The Bertz CT molecular complexity index is 963. The summed E-state index contributed by atoms with van der Waals surface area (Å²) >= 11 is 6.05. The fourth-order valence-electron chi connectivity index (χ4n) is 3.73. The predicted molar refractivity (Wildman–Crippen MR) is 122 cm³/mol. The van der Waals surface area contributed by atoms with Crippen LogP contribution >= 0.6 is 11.6 Å². The van der Waals surface area contributed by atoms with Gasteiger partial charge in [0, 0.05) is 23.1 Å². The number of hydrogen-bond acceptors (Lipinski definition) is 3. The Morgan fingerprint density at radius 1 is 1.10 bits per heavy atom. The Hall–Kier alpha value is -2.63. The van der Waals surface area contributed by atoms with Crippen LogP contribution in [0.5, 0.6) is 0 Å². The second-order valence-electron chi connectivity index (χ2n) is 8.93. The van der Waals surface area contributed by atoms with Gasteiger partial charge in [-0.1, -0.05) is 54.1 Å². The molecule has 0 spiro atoms. The number of carbonyl (C=O) groups is 2. The number of esters is 1. The molecule has 0 saturated heterocycles. The van der Waals surface area contributed by atoms with Crippen molar-refractivity contribution in [2.45, 2.75) is 25.9 Å². The number of likely N-dealkylation sites (N-methyl/N-ethyl adjacent to an activating group) is 1. The van der Waals surface area contributed by atoms with Crippen LogP contribution in [0.4, 0.5) is 0 Å². The monoisotopic (exact) mass is 441 g/mol. The van der Waals surface area contributed by atoms with Crippen molar-refractivity contribution in [3.63, 3.8) is 0 Å². The molecule has 1 atom stereocenters. The molecule has 1 heterocycles. The van der Waals surface area contributed by atoms with Crippen LogP contribution in [-0.4, -0.2) is 55.5 Å². The van der Waals surface area contributed by atoms with E-state index in [2.05, 4.69) is 21.1 Å². The summed E-state index contributed by atoms with van der Waals surface area (Å²) in [7, 11) is 6.25. The Morgan fingerprint density at radius 2 is 1.74 bits per heavy atom. The largest absolute Gasteiger partial charge is 0.457 e. The summed E-state index contributed by atoms with van der Waals surface area (Å²) in [5.41, 5.74) is 3.02. The third kappa shape index (κ3) is 5.96. The van der Waals surface area contributed by atoms with E-state index in [4.69, 9.17) is 16.3 Å². The van der Waals surface area contributed by atoms with Crippen LogP contribution in [-0.2, 0) is 20.9 Å². The van der Waals surface area contributed by atoms with Gasteiger partial charge < -0.3 is 14.1 Å². The van der Waals surface area contributed by atoms with Crippen molar-refractivity contribution >= 4 is 23.5 Å². The van der Waals surface area contributed by atoms with E-state index in [0.717, 1.165) is 22.2 Å². The molecule has 1 amide bonds. The van der Waals surface area contributed by atoms with Gasteiger partial charge in [-0.15, -0.1) is 0 Å². The fourth-order valence-corrected chi connectivity index (χ4v) is 3.86. The summed E-state index contributed by atoms with van der Waals surface area (Å²) in [6, 6.07) is 16.9. The minimum atomic E-state index is -0.385. The zero-order chi connectivity index (χ0) is 22.6. The summed E-state index contributed by atoms with van der Waals surface area (Å²) in [6.07, 6.45) is 0.228. The highest BCUT2D eigenvalue weighted by Crippen LogP contribution is 2.37. The van der Waals surface area contributed by atoms with Crippen LogP contribution < -0.4 is 0 Å². The molecule has 0 radical (unpaired) electrons. The van der Waals surface area contributed by atoms with Gasteiger partial charge in [0.05, 0.1) is 39.8 Å². The normalized spacial score (nSPS) is 17.1. The highest BCUT2D eigenvalue weighted by molar-refractivity contribution is 6.30. The number of rotatable bonds is 7. The van der Waals surface area contributed by atoms with Crippen LogP contribution in [0.3, 0.4) is 0 Å². The molecular formula is C25H30ClN2O3+. The van der Waals surface area contributed by atoms with Crippen molar-refractivity contribution in [1.29, 1.82) is 0 Å². The summed E-state index contributed by atoms with van der Waals surface area (Å²) in [6.45, 7) is 3.36. The molecule has 1 aliphatic rings. The quantitative estimate of drug-likeness (QED) is 0.473. The van der Waals surface area contributed by atoms with E-state index in [1.54, 1.807) is 17.0 Å². The number of amides is 1. The Morgan fingerprint density at radius 3 is 2.35 bits per heavy atom. The molecule has 0 aliphatic carbocycles. The van der Waals surface area contributed by atoms with Gasteiger partial charge in [-0.2, -0.15) is 0 Å². The minimum Gasteiger partial charge on any atom is -0.457 e. The van der Waals surface area contributed by atoms with Gasteiger partial charge in [0.25, 0.3) is 0 Å². The van der Waals surface area contributed by atoms with Crippen molar-refractivity contribution < 1.29 is 18.8 Å². The first-order valence-electron chi connectivity index (χ1n) is 10.4. The molecule has 31 heavy (non-hydrogen) atoms. The predicted octanol–water partition coefficient (Wildman–Crippen LogP) is 4.38. The zero-order valence-corrected chi connectivity index (χ0v) is 19.4. The number of quaternary nitrogens is 1. The van der Waals surface area contributed by atoms with Crippen molar-refractivity contribution in [3.05, 3.63) is 82.0 Å². The second-order valence-corrected chi connectivity index (χ2v) is 9.36. The van der Waals surface area contributed by atoms with Gasteiger partial charge >= 0.3 is 5.97 Å². The molecule has 164 valence electrons. The summed E-state index contributed by atoms with van der Waals surface area (Å²) in [5.74, 6) is -0.719. The number of allylic oxidation sites excluding steroid dienone is 1. The van der Waals surface area contributed by atoms with Crippen LogP contribution in [0, 0.1) is 0 Å². The highest BCUT2D eigenvalue weighted by Gasteiger charge is 2.37. The lowest BCUT2D eigenvalue weighted by Crippen LogP contribution is -2.46. The van der Waals surface area contributed by atoms with Gasteiger partial charge in [0.2, 0.25) is 5.91 Å². The van der Waals surface area contributed by atoms with Crippen LogP contribution in [0.25, 0.3) is 0 Å². The maximum atomic E-state index is 13.2. The molecule has 1 aliphatic heterocycles. The first kappa shape index (κ1) is 23.0. The molecular weight excluding hydrogens is 412 g/mol. The second kappa shape index (κ2) is 9.67. The minimum absolute atomic E-state index is 0.0190. The number of carbonyl (C=O) groups excluding carboxylic acids is 2. The van der Waals surface area contributed by atoms with Crippen molar-refractivity contribution in [2.75, 3.05) is 34.2 Å². The van der Waals surface area contributed by atoms with Gasteiger partial charge in [0.15, 0.2) is 0 Å². The molecule has 0 aromatic heterocycles. The number of ether oxygens (including phenoxy) is 1. The van der Waals surface area contributed by atoms with E-state index >= 15 is 0 Å². The SMILES string of the molecule is CC1=C(C(=O)OCc2ccccc2)C(c2ccc(Cl)cc2)CC(=O)N1CC[N+](C)(C)C. The smallest absolute Gasteiger partial charge is 0.336 e. The Labute approximate surface area is 189 Å². The van der Waals surface area contributed by atoms with E-state index in [1.807, 2.05) is 49.4 Å². The van der Waals surface area contributed by atoms with Crippen molar-refractivity contribution in [3.8, 4) is 0 Å². The van der Waals surface area contributed by atoms with Gasteiger partial charge in [-0.05, 0) is 30.2 Å². The molecule has 5 nitrogen and oxygen atoms in total. The van der Waals surface area contributed by atoms with E-state index in [9.17, 15) is 9.59 Å². The van der Waals surface area contributed by atoms with E-state index in [0.29, 0.717) is 22.8 Å². The lowest BCUT2D eigenvalue weighted by atomic mass is 9.83. The maximum absolute atomic E-state index is 13.2. The van der Waals surface area contributed by atoms with Crippen LogP contribution in [0.15, 0.2) is 65.9 Å². The molecule has 2 aromatic carbocycles. The van der Waals surface area contributed by atoms with Gasteiger partial charge in [-0.25, -0.2) is 4.79 Å². The molecule has 0 bridgehead atoms. The van der Waals surface area contributed by atoms with Crippen molar-refractivity contribution in [1.82, 2.24) is 4.90 Å².